The normalized spacial score (nSPS) is 14.9. The van der Waals surface area contributed by atoms with Crippen LogP contribution in [-0.2, 0) is 9.53 Å². The SMILES string of the molecule is C=C(CC(CC(=C)C(C)C)OC(=O)[C]1[CH][CH][CH][C]1P(c1ccccc1)c1ccccc1)C(C)C. The van der Waals surface area contributed by atoms with Crippen molar-refractivity contribution in [1.82, 2.24) is 0 Å². The van der Waals surface area contributed by atoms with Crippen LogP contribution >= 0.6 is 7.92 Å². The number of ether oxygens (including phenoxy) is 1. The Labute approximate surface area is 208 Å². The van der Waals surface area contributed by atoms with Gasteiger partial charge in [0.2, 0.25) is 0 Å². The summed E-state index contributed by atoms with van der Waals surface area (Å²) in [5.41, 5.74) is 3.21. The molecule has 0 spiro atoms. The summed E-state index contributed by atoms with van der Waals surface area (Å²) >= 11 is 0. The minimum atomic E-state index is -0.877. The monoisotopic (exact) mass is 471 g/mol. The molecular weight excluding hydrogens is 435 g/mol. The van der Waals surface area contributed by atoms with Gasteiger partial charge in [-0.25, -0.2) is 0 Å². The van der Waals surface area contributed by atoms with E-state index in [-0.39, 0.29) is 12.1 Å². The van der Waals surface area contributed by atoms with E-state index in [9.17, 15) is 4.79 Å². The van der Waals surface area contributed by atoms with Crippen molar-refractivity contribution in [3.63, 3.8) is 0 Å². The number of hydrogen-bond donors (Lipinski definition) is 0. The van der Waals surface area contributed by atoms with Gasteiger partial charge in [0.1, 0.15) is 12.0 Å². The maximum atomic E-state index is 13.5. The van der Waals surface area contributed by atoms with Crippen LogP contribution < -0.4 is 10.6 Å². The second kappa shape index (κ2) is 12.5. The Kier molecular flexibility index (Phi) is 9.72. The largest absolute Gasteiger partial charge is 0.461 e. The van der Waals surface area contributed by atoms with Crippen molar-refractivity contribution in [1.29, 1.82) is 0 Å². The van der Waals surface area contributed by atoms with E-state index in [0.717, 1.165) is 16.8 Å². The highest BCUT2D eigenvalue weighted by Crippen LogP contribution is 2.56. The number of carbonyl (C=O) groups excluding carboxylic acids is 1. The summed E-state index contributed by atoms with van der Waals surface area (Å²) in [6.07, 6.45) is 6.96. The molecule has 2 aromatic rings. The van der Waals surface area contributed by atoms with Gasteiger partial charge in [0.25, 0.3) is 0 Å². The summed E-state index contributed by atoms with van der Waals surface area (Å²) in [5, 5.41) is 2.42. The third-order valence-corrected chi connectivity index (χ3v) is 8.67. The summed E-state index contributed by atoms with van der Waals surface area (Å²) in [6.45, 7) is 16.9. The highest BCUT2D eigenvalue weighted by molar-refractivity contribution is 7.76. The molecule has 0 saturated heterocycles. The van der Waals surface area contributed by atoms with Crippen LogP contribution in [0.4, 0.5) is 0 Å². The molecule has 5 radical (unpaired) electrons. The fourth-order valence-corrected chi connectivity index (χ4v) is 6.22. The molecule has 1 aliphatic carbocycles. The molecule has 0 aliphatic heterocycles. The Balaban J connectivity index is 1.84. The summed E-state index contributed by atoms with van der Waals surface area (Å²) in [5.74, 6) is 1.06. The summed E-state index contributed by atoms with van der Waals surface area (Å²) in [4.78, 5) is 13.5. The van der Waals surface area contributed by atoms with E-state index in [4.69, 9.17) is 4.74 Å². The van der Waals surface area contributed by atoms with Gasteiger partial charge in [-0.05, 0) is 49.6 Å². The van der Waals surface area contributed by atoms with E-state index in [1.807, 2.05) is 25.0 Å². The Morgan fingerprint density at radius 1 is 0.794 bits per heavy atom. The van der Waals surface area contributed by atoms with Gasteiger partial charge in [0, 0.05) is 18.5 Å². The molecule has 34 heavy (non-hydrogen) atoms. The van der Waals surface area contributed by atoms with Gasteiger partial charge < -0.3 is 4.74 Å². The van der Waals surface area contributed by atoms with E-state index < -0.39 is 7.92 Å². The molecule has 0 amide bonds. The van der Waals surface area contributed by atoms with Gasteiger partial charge in [-0.2, -0.15) is 0 Å². The lowest BCUT2D eigenvalue weighted by Gasteiger charge is -2.29. The fraction of sp³-hybridized carbons (Fsp3) is 0.290. The van der Waals surface area contributed by atoms with Crippen LogP contribution in [0.15, 0.2) is 85.0 Å². The number of carbonyl (C=O) groups is 1. The van der Waals surface area contributed by atoms with Crippen LogP contribution in [0.5, 0.6) is 0 Å². The Morgan fingerprint density at radius 3 is 1.71 bits per heavy atom. The smallest absolute Gasteiger partial charge is 0.314 e. The van der Waals surface area contributed by atoms with Crippen molar-refractivity contribution in [3.05, 3.63) is 116 Å². The molecule has 2 aromatic carbocycles. The van der Waals surface area contributed by atoms with Crippen LogP contribution in [0.3, 0.4) is 0 Å². The molecular formula is C31H36O2P. The van der Waals surface area contributed by atoms with Gasteiger partial charge in [-0.15, -0.1) is 0 Å². The van der Waals surface area contributed by atoms with Gasteiger partial charge in [0.05, 0.1) is 0 Å². The molecule has 3 heteroatoms. The van der Waals surface area contributed by atoms with Crippen LogP contribution in [0.2, 0.25) is 0 Å². The Hall–Kier alpha value is -2.18. The third-order valence-electron chi connectivity index (χ3n) is 6.17. The van der Waals surface area contributed by atoms with Crippen molar-refractivity contribution < 1.29 is 9.53 Å². The molecule has 0 bridgehead atoms. The van der Waals surface area contributed by atoms with E-state index in [1.54, 1.807) is 0 Å². The summed E-state index contributed by atoms with van der Waals surface area (Å²) in [6, 6.07) is 20.8. The van der Waals surface area contributed by atoms with Crippen molar-refractivity contribution in [2.75, 3.05) is 0 Å². The molecule has 0 aromatic heterocycles. The third kappa shape index (κ3) is 6.92. The van der Waals surface area contributed by atoms with Crippen LogP contribution in [0.25, 0.3) is 0 Å². The average Bonchev–Trinajstić information content (AvgIpc) is 3.30. The van der Waals surface area contributed by atoms with E-state index in [0.29, 0.717) is 30.6 Å². The first-order valence-corrected chi connectivity index (χ1v) is 13.3. The van der Waals surface area contributed by atoms with Crippen molar-refractivity contribution in [3.8, 4) is 0 Å². The first kappa shape index (κ1) is 26.4. The highest BCUT2D eigenvalue weighted by atomic mass is 31.1. The van der Waals surface area contributed by atoms with Gasteiger partial charge in [-0.1, -0.05) is 113 Å². The maximum absolute atomic E-state index is 13.5. The second-order valence-corrected chi connectivity index (χ2v) is 11.6. The predicted octanol–water partition coefficient (Wildman–Crippen LogP) is 6.97. The van der Waals surface area contributed by atoms with Crippen LogP contribution in [0, 0.1) is 42.7 Å². The van der Waals surface area contributed by atoms with Crippen LogP contribution in [-0.4, -0.2) is 12.1 Å². The number of rotatable bonds is 11. The van der Waals surface area contributed by atoms with Gasteiger partial charge in [0.15, 0.2) is 0 Å². The molecule has 1 saturated carbocycles. The first-order valence-electron chi connectivity index (χ1n) is 12.0. The van der Waals surface area contributed by atoms with Crippen molar-refractivity contribution in [2.24, 2.45) is 11.8 Å². The van der Waals surface area contributed by atoms with Gasteiger partial charge >= 0.3 is 5.97 Å². The average molecular weight is 472 g/mol. The molecule has 1 fully saturated rings. The second-order valence-electron chi connectivity index (χ2n) is 9.39. The number of esters is 1. The Morgan fingerprint density at radius 2 is 1.26 bits per heavy atom. The molecule has 0 heterocycles. The highest BCUT2D eigenvalue weighted by Gasteiger charge is 2.42. The molecule has 0 atom stereocenters. The molecule has 2 nitrogen and oxygen atoms in total. The lowest BCUT2D eigenvalue weighted by Crippen LogP contribution is -2.28. The maximum Gasteiger partial charge on any atom is 0.314 e. The zero-order valence-corrected chi connectivity index (χ0v) is 21.7. The Bertz CT molecular complexity index is 886. The van der Waals surface area contributed by atoms with E-state index in [2.05, 4.69) is 95.8 Å². The van der Waals surface area contributed by atoms with E-state index >= 15 is 0 Å². The molecule has 177 valence electrons. The van der Waals surface area contributed by atoms with Crippen LogP contribution in [0.1, 0.15) is 40.5 Å². The zero-order valence-electron chi connectivity index (χ0n) is 20.8. The fourth-order valence-electron chi connectivity index (χ4n) is 3.79. The minimum Gasteiger partial charge on any atom is -0.461 e. The van der Waals surface area contributed by atoms with E-state index in [1.165, 1.54) is 10.6 Å². The number of hydrogen-bond acceptors (Lipinski definition) is 2. The molecule has 0 N–H and O–H groups in total. The zero-order chi connectivity index (χ0) is 24.7. The lowest BCUT2D eigenvalue weighted by molar-refractivity contribution is -0.145. The lowest BCUT2D eigenvalue weighted by atomic mass is 9.92. The minimum absolute atomic E-state index is 0.264. The van der Waals surface area contributed by atoms with Gasteiger partial charge in [-0.3, -0.25) is 4.79 Å². The number of benzene rings is 2. The standard InChI is InChI=1S/C31H36O2P/c1-22(2)24(5)20-26(21-25(6)23(3)4)33-31(32)29-18-13-19-30(29)34(27-14-9-7-10-15-27)28-16-11-8-12-17-28/h7-19,22-23,26H,5-6,20-21H2,1-4H3. The molecule has 1 aliphatic rings. The quantitative estimate of drug-likeness (QED) is 0.201. The molecule has 0 unspecified atom stereocenters. The first-order chi connectivity index (χ1) is 16.3. The summed E-state index contributed by atoms with van der Waals surface area (Å²) in [7, 11) is -0.877. The predicted molar refractivity (Wildman–Crippen MR) is 146 cm³/mol. The van der Waals surface area contributed by atoms with Crippen molar-refractivity contribution in [2.45, 2.75) is 46.6 Å². The summed E-state index contributed by atoms with van der Waals surface area (Å²) < 4.78 is 6.15. The van der Waals surface area contributed by atoms with Crippen molar-refractivity contribution >= 4 is 24.5 Å². The topological polar surface area (TPSA) is 26.3 Å². The molecule has 3 rings (SSSR count).